The van der Waals surface area contributed by atoms with Gasteiger partial charge in [-0.2, -0.15) is 0 Å². The van der Waals surface area contributed by atoms with E-state index in [1.165, 1.54) is 0 Å². The monoisotopic (exact) mass is 365 g/mol. The number of hydrogen-bond donors (Lipinski definition) is 0. The third kappa shape index (κ3) is 3.35. The van der Waals surface area contributed by atoms with Crippen molar-refractivity contribution in [3.63, 3.8) is 0 Å². The maximum absolute atomic E-state index is 12.4. The van der Waals surface area contributed by atoms with E-state index in [9.17, 15) is 4.79 Å². The van der Waals surface area contributed by atoms with Gasteiger partial charge in [0.2, 0.25) is 0 Å². The molecule has 0 fully saturated rings. The lowest BCUT2D eigenvalue weighted by Crippen LogP contribution is -2.26. The Labute approximate surface area is 127 Å². The van der Waals surface area contributed by atoms with Gasteiger partial charge < -0.3 is 4.90 Å². The van der Waals surface area contributed by atoms with E-state index in [2.05, 4.69) is 28.7 Å². The Bertz CT molecular complexity index is 584. The summed E-state index contributed by atoms with van der Waals surface area (Å²) >= 11 is 2.23. The highest BCUT2D eigenvalue weighted by Gasteiger charge is 2.13. The van der Waals surface area contributed by atoms with Gasteiger partial charge in [0.1, 0.15) is 0 Å². The third-order valence-corrected chi connectivity index (χ3v) is 3.71. The van der Waals surface area contributed by atoms with Gasteiger partial charge in [-0.05, 0) is 84.0 Å². The molecule has 3 heteroatoms. The number of rotatable bonds is 2. The van der Waals surface area contributed by atoms with Crippen molar-refractivity contribution >= 4 is 34.2 Å². The van der Waals surface area contributed by atoms with Gasteiger partial charge in [-0.25, -0.2) is 0 Å². The minimum atomic E-state index is 0.0152. The number of nitrogens with zero attached hydrogens (tertiary/aromatic N) is 1. The fourth-order valence-electron chi connectivity index (χ4n) is 2.05. The molecule has 19 heavy (non-hydrogen) atoms. The van der Waals surface area contributed by atoms with Crippen LogP contribution in [0.25, 0.3) is 0 Å². The fourth-order valence-corrected chi connectivity index (χ4v) is 2.41. The first-order valence-corrected chi connectivity index (χ1v) is 7.17. The molecule has 98 valence electrons. The highest BCUT2D eigenvalue weighted by molar-refractivity contribution is 14.1. The number of amides is 1. The molecule has 0 saturated heterocycles. The van der Waals surface area contributed by atoms with E-state index >= 15 is 0 Å². The molecule has 0 bridgehead atoms. The zero-order chi connectivity index (χ0) is 14.0. The summed E-state index contributed by atoms with van der Waals surface area (Å²) in [7, 11) is 1.81. The molecule has 0 aliphatic heterocycles. The number of hydrogen-bond acceptors (Lipinski definition) is 1. The zero-order valence-corrected chi connectivity index (χ0v) is 13.4. The topological polar surface area (TPSA) is 20.3 Å². The van der Waals surface area contributed by atoms with Crippen LogP contribution < -0.4 is 4.90 Å². The van der Waals surface area contributed by atoms with Crippen LogP contribution in [0.1, 0.15) is 21.5 Å². The standard InChI is InChI=1S/C16H16INO/c1-11-8-12(2)10-15(9-11)18(3)16(19)13-4-6-14(17)7-5-13/h4-10H,1-3H3. The number of benzene rings is 2. The van der Waals surface area contributed by atoms with Gasteiger partial charge in [-0.15, -0.1) is 0 Å². The van der Waals surface area contributed by atoms with Gasteiger partial charge in [0.15, 0.2) is 0 Å². The molecule has 0 spiro atoms. The lowest BCUT2D eigenvalue weighted by Gasteiger charge is -2.18. The highest BCUT2D eigenvalue weighted by atomic mass is 127. The van der Waals surface area contributed by atoms with Gasteiger partial charge in [-0.3, -0.25) is 4.79 Å². The van der Waals surface area contributed by atoms with Crippen molar-refractivity contribution in [2.45, 2.75) is 13.8 Å². The minimum Gasteiger partial charge on any atom is -0.311 e. The second kappa shape index (κ2) is 5.74. The lowest BCUT2D eigenvalue weighted by molar-refractivity contribution is 0.0993. The average Bonchev–Trinajstić information content (AvgIpc) is 2.37. The second-order valence-electron chi connectivity index (χ2n) is 4.72. The number of aryl methyl sites for hydroxylation is 2. The molecule has 0 N–H and O–H groups in total. The molecule has 0 aromatic heterocycles. The summed E-state index contributed by atoms with van der Waals surface area (Å²) in [4.78, 5) is 14.1. The molecule has 0 radical (unpaired) electrons. The average molecular weight is 365 g/mol. The molecule has 2 aromatic carbocycles. The van der Waals surface area contributed by atoms with Gasteiger partial charge >= 0.3 is 0 Å². The lowest BCUT2D eigenvalue weighted by atomic mass is 10.1. The molecule has 2 nitrogen and oxygen atoms in total. The molecule has 0 atom stereocenters. The van der Waals surface area contributed by atoms with Crippen LogP contribution in [0.5, 0.6) is 0 Å². The Morgan fingerprint density at radius 2 is 1.53 bits per heavy atom. The quantitative estimate of drug-likeness (QED) is 0.731. The van der Waals surface area contributed by atoms with E-state index in [1.807, 2.05) is 57.3 Å². The van der Waals surface area contributed by atoms with Gasteiger partial charge in [0.05, 0.1) is 0 Å². The summed E-state index contributed by atoms with van der Waals surface area (Å²) in [5, 5.41) is 0. The summed E-state index contributed by atoms with van der Waals surface area (Å²) < 4.78 is 1.13. The Hall–Kier alpha value is -1.36. The molecule has 0 heterocycles. The van der Waals surface area contributed by atoms with Crippen LogP contribution in [-0.2, 0) is 0 Å². The van der Waals surface area contributed by atoms with Gasteiger partial charge in [-0.1, -0.05) is 6.07 Å². The van der Waals surface area contributed by atoms with E-state index in [0.717, 1.165) is 20.4 Å². The van der Waals surface area contributed by atoms with Crippen molar-refractivity contribution in [2.24, 2.45) is 0 Å². The summed E-state index contributed by atoms with van der Waals surface area (Å²) in [5.74, 6) is 0.0152. The molecule has 2 rings (SSSR count). The molecule has 0 aliphatic carbocycles. The van der Waals surface area contributed by atoms with Crippen molar-refractivity contribution in [1.82, 2.24) is 0 Å². The van der Waals surface area contributed by atoms with Crippen molar-refractivity contribution in [2.75, 3.05) is 11.9 Å². The Balaban J connectivity index is 2.30. The number of anilines is 1. The fraction of sp³-hybridized carbons (Fsp3) is 0.188. The van der Waals surface area contributed by atoms with E-state index in [0.29, 0.717) is 5.56 Å². The molecule has 0 aliphatic rings. The van der Waals surface area contributed by atoms with E-state index < -0.39 is 0 Å². The number of carbonyl (C=O) groups is 1. The largest absolute Gasteiger partial charge is 0.311 e. The van der Waals surface area contributed by atoms with Crippen LogP contribution in [-0.4, -0.2) is 13.0 Å². The van der Waals surface area contributed by atoms with Crippen LogP contribution in [0.15, 0.2) is 42.5 Å². The van der Waals surface area contributed by atoms with Crippen LogP contribution in [0.3, 0.4) is 0 Å². The van der Waals surface area contributed by atoms with Crippen LogP contribution in [0.2, 0.25) is 0 Å². The Morgan fingerprint density at radius 1 is 1.00 bits per heavy atom. The predicted octanol–water partition coefficient (Wildman–Crippen LogP) is 4.18. The summed E-state index contributed by atoms with van der Waals surface area (Å²) in [6.07, 6.45) is 0. The molecule has 2 aromatic rings. The molecule has 0 saturated carbocycles. The molecular weight excluding hydrogens is 349 g/mol. The molecule has 1 amide bonds. The van der Waals surface area contributed by atoms with Crippen molar-refractivity contribution in [1.29, 1.82) is 0 Å². The zero-order valence-electron chi connectivity index (χ0n) is 11.3. The second-order valence-corrected chi connectivity index (χ2v) is 5.96. The van der Waals surface area contributed by atoms with Gasteiger partial charge in [0, 0.05) is 21.9 Å². The Kier molecular flexibility index (Phi) is 4.24. The van der Waals surface area contributed by atoms with Crippen molar-refractivity contribution < 1.29 is 4.79 Å². The summed E-state index contributed by atoms with van der Waals surface area (Å²) in [6, 6.07) is 13.8. The van der Waals surface area contributed by atoms with E-state index in [-0.39, 0.29) is 5.91 Å². The predicted molar refractivity (Wildman–Crippen MR) is 87.8 cm³/mol. The minimum absolute atomic E-state index is 0.0152. The van der Waals surface area contributed by atoms with Gasteiger partial charge in [0.25, 0.3) is 5.91 Å². The normalized spacial score (nSPS) is 10.3. The van der Waals surface area contributed by atoms with Crippen molar-refractivity contribution in [3.05, 3.63) is 62.7 Å². The Morgan fingerprint density at radius 3 is 2.05 bits per heavy atom. The maximum atomic E-state index is 12.4. The molecule has 0 unspecified atom stereocenters. The third-order valence-electron chi connectivity index (χ3n) is 2.99. The SMILES string of the molecule is Cc1cc(C)cc(N(C)C(=O)c2ccc(I)cc2)c1. The molecular formula is C16H16INO. The van der Waals surface area contributed by atoms with Crippen LogP contribution in [0.4, 0.5) is 5.69 Å². The van der Waals surface area contributed by atoms with E-state index in [4.69, 9.17) is 0 Å². The number of halogens is 1. The first-order chi connectivity index (χ1) is 8.97. The first kappa shape index (κ1) is 14.1. The smallest absolute Gasteiger partial charge is 0.258 e. The van der Waals surface area contributed by atoms with Crippen LogP contribution in [0, 0.1) is 17.4 Å². The highest BCUT2D eigenvalue weighted by Crippen LogP contribution is 2.19. The van der Waals surface area contributed by atoms with E-state index in [1.54, 1.807) is 4.90 Å². The number of carbonyl (C=O) groups excluding carboxylic acids is 1. The summed E-state index contributed by atoms with van der Waals surface area (Å²) in [5.41, 5.74) is 3.97. The van der Waals surface area contributed by atoms with Crippen LogP contribution >= 0.6 is 22.6 Å². The van der Waals surface area contributed by atoms with Crippen molar-refractivity contribution in [3.8, 4) is 0 Å². The maximum Gasteiger partial charge on any atom is 0.258 e. The summed E-state index contributed by atoms with van der Waals surface area (Å²) in [6.45, 7) is 4.08. The first-order valence-electron chi connectivity index (χ1n) is 6.09.